The van der Waals surface area contributed by atoms with Gasteiger partial charge in [-0.05, 0) is 69.0 Å². The first-order valence-corrected chi connectivity index (χ1v) is 18.0. The van der Waals surface area contributed by atoms with Gasteiger partial charge in [0.2, 0.25) is 10.0 Å². The van der Waals surface area contributed by atoms with Crippen molar-refractivity contribution in [3.63, 3.8) is 0 Å². The summed E-state index contributed by atoms with van der Waals surface area (Å²) < 4.78 is 27.2. The van der Waals surface area contributed by atoms with E-state index in [1.165, 1.54) is 10.7 Å². The largest absolute Gasteiger partial charge is 0.385 e. The van der Waals surface area contributed by atoms with Crippen molar-refractivity contribution < 1.29 is 28.4 Å². The highest BCUT2D eigenvalue weighted by atomic mass is 32.2. The first kappa shape index (κ1) is 34.9. The number of rotatable bonds is 15. The molecule has 0 spiro atoms. The molecule has 3 aromatic carbocycles. The average molecular weight is 651 g/mol. The molecule has 1 aliphatic carbocycles. The van der Waals surface area contributed by atoms with E-state index in [1.54, 1.807) is 53.8 Å². The second-order valence-electron chi connectivity index (χ2n) is 12.1. The topological polar surface area (TPSA) is 144 Å². The van der Waals surface area contributed by atoms with Crippen molar-refractivity contribution in [3.8, 4) is 0 Å². The molecule has 3 aromatic rings. The Labute approximate surface area is 273 Å². The van der Waals surface area contributed by atoms with Gasteiger partial charge in [-0.25, -0.2) is 12.7 Å². The SMILES string of the molecule is CCNc1cc(C(=O)N[C@@H](Cc2ccccc2)[C@H](O)C[NH2+][C@@H](C)C(=O)NC2CCCCC2)cc(N(c2ccccc2)S(C)(=O)=O)c1. The molecule has 1 saturated carbocycles. The molecule has 4 rings (SSSR count). The first-order chi connectivity index (χ1) is 22.0. The molecule has 46 heavy (non-hydrogen) atoms. The molecule has 6 N–H and O–H groups in total. The molecular formula is C35H48N5O5S+. The van der Waals surface area contributed by atoms with Crippen LogP contribution in [0, 0.1) is 0 Å². The number of benzene rings is 3. The number of nitrogens with zero attached hydrogens (tertiary/aromatic N) is 1. The molecule has 0 bridgehead atoms. The van der Waals surface area contributed by atoms with E-state index in [2.05, 4.69) is 16.0 Å². The first-order valence-electron chi connectivity index (χ1n) is 16.2. The van der Waals surface area contributed by atoms with Gasteiger partial charge in [-0.1, -0.05) is 67.8 Å². The lowest BCUT2D eigenvalue weighted by Gasteiger charge is -2.27. The molecule has 1 aliphatic rings. The highest BCUT2D eigenvalue weighted by Crippen LogP contribution is 2.31. The molecule has 2 amide bonds. The average Bonchev–Trinajstić information content (AvgIpc) is 3.04. The van der Waals surface area contributed by atoms with E-state index < -0.39 is 34.1 Å². The third kappa shape index (κ3) is 10.0. The van der Waals surface area contributed by atoms with E-state index >= 15 is 0 Å². The summed E-state index contributed by atoms with van der Waals surface area (Å²) in [5, 5.41) is 22.5. The van der Waals surface area contributed by atoms with E-state index in [9.17, 15) is 23.1 Å². The third-order valence-electron chi connectivity index (χ3n) is 8.29. The zero-order valence-corrected chi connectivity index (χ0v) is 27.8. The summed E-state index contributed by atoms with van der Waals surface area (Å²) in [5.74, 6) is -0.505. The number of quaternary nitrogens is 1. The van der Waals surface area contributed by atoms with Crippen LogP contribution in [0.3, 0.4) is 0 Å². The van der Waals surface area contributed by atoms with Crippen molar-refractivity contribution in [1.82, 2.24) is 10.6 Å². The summed E-state index contributed by atoms with van der Waals surface area (Å²) in [7, 11) is -3.76. The van der Waals surface area contributed by atoms with Gasteiger partial charge in [-0.15, -0.1) is 0 Å². The van der Waals surface area contributed by atoms with Gasteiger partial charge in [0.25, 0.3) is 11.8 Å². The maximum absolute atomic E-state index is 13.8. The molecule has 1 fully saturated rings. The molecule has 0 saturated heterocycles. The van der Waals surface area contributed by atoms with Crippen LogP contribution in [0.5, 0.6) is 0 Å². The number of amides is 2. The van der Waals surface area contributed by atoms with Crippen molar-refractivity contribution in [1.29, 1.82) is 0 Å². The Hall–Kier alpha value is -3.93. The van der Waals surface area contributed by atoms with Crippen molar-refractivity contribution in [2.75, 3.05) is 29.0 Å². The van der Waals surface area contributed by atoms with E-state index in [0.29, 0.717) is 30.0 Å². The number of hydrogen-bond acceptors (Lipinski definition) is 6. The second-order valence-corrected chi connectivity index (χ2v) is 13.9. The summed E-state index contributed by atoms with van der Waals surface area (Å²) in [6.45, 7) is 4.50. The Morgan fingerprint density at radius 1 is 0.957 bits per heavy atom. The molecule has 0 aromatic heterocycles. The predicted octanol–water partition coefficient (Wildman–Crippen LogP) is 3.32. The van der Waals surface area contributed by atoms with Gasteiger partial charge >= 0.3 is 0 Å². The van der Waals surface area contributed by atoms with Gasteiger partial charge in [-0.3, -0.25) is 9.59 Å². The maximum atomic E-state index is 13.8. The van der Waals surface area contributed by atoms with Crippen LogP contribution in [0.25, 0.3) is 0 Å². The number of aliphatic hydroxyl groups is 1. The van der Waals surface area contributed by atoms with Crippen LogP contribution in [0.1, 0.15) is 61.9 Å². The number of nitrogens with one attached hydrogen (secondary N) is 3. The summed E-state index contributed by atoms with van der Waals surface area (Å²) >= 11 is 0. The quantitative estimate of drug-likeness (QED) is 0.171. The molecule has 248 valence electrons. The van der Waals surface area contributed by atoms with Gasteiger partial charge < -0.3 is 26.4 Å². The number of sulfonamides is 1. The van der Waals surface area contributed by atoms with Crippen molar-refractivity contribution in [2.45, 2.75) is 76.6 Å². The summed E-state index contributed by atoms with van der Waals surface area (Å²) in [6.07, 6.45) is 5.97. The van der Waals surface area contributed by atoms with Gasteiger partial charge in [0, 0.05) is 23.8 Å². The number of anilines is 3. The molecule has 0 radical (unpaired) electrons. The second kappa shape index (κ2) is 16.6. The van der Waals surface area contributed by atoms with Crippen LogP contribution in [0.15, 0.2) is 78.9 Å². The van der Waals surface area contributed by atoms with Gasteiger partial charge in [0.1, 0.15) is 12.6 Å². The highest BCUT2D eigenvalue weighted by molar-refractivity contribution is 7.92. The Morgan fingerprint density at radius 3 is 2.24 bits per heavy atom. The van der Waals surface area contributed by atoms with Crippen LogP contribution in [0.4, 0.5) is 17.1 Å². The molecule has 11 heteroatoms. The fourth-order valence-electron chi connectivity index (χ4n) is 5.86. The lowest BCUT2D eigenvalue weighted by Crippen LogP contribution is -2.94. The highest BCUT2D eigenvalue weighted by Gasteiger charge is 2.28. The molecule has 0 aliphatic heterocycles. The normalized spacial score (nSPS) is 15.7. The minimum absolute atomic E-state index is 0.0515. The van der Waals surface area contributed by atoms with Crippen molar-refractivity contribution in [3.05, 3.63) is 90.0 Å². The minimum Gasteiger partial charge on any atom is -0.385 e. The summed E-state index contributed by atoms with van der Waals surface area (Å²) in [5.41, 5.74) is 2.51. The third-order valence-corrected chi connectivity index (χ3v) is 9.38. The summed E-state index contributed by atoms with van der Waals surface area (Å²) in [4.78, 5) is 26.7. The fraction of sp³-hybridized carbons (Fsp3) is 0.429. The van der Waals surface area contributed by atoms with Crippen LogP contribution in [-0.4, -0.2) is 68.9 Å². The predicted molar refractivity (Wildman–Crippen MR) is 183 cm³/mol. The van der Waals surface area contributed by atoms with Crippen LogP contribution < -0.4 is 25.6 Å². The monoisotopic (exact) mass is 650 g/mol. The van der Waals surface area contributed by atoms with Crippen LogP contribution in [-0.2, 0) is 21.2 Å². The number of carbonyl (C=O) groups is 2. The standard InChI is InChI=1S/C35H47N5O5S/c1-4-36-29-21-27(22-31(23-29)40(46(3,44)45)30-18-12-7-13-19-30)35(43)39-32(20-26-14-8-5-9-15-26)33(41)24-37-25(2)34(42)38-28-16-10-6-11-17-28/h5,7-9,12-15,18-19,21-23,25,28,32-33,36-37,41H,4,6,10-11,16-17,20,24H2,1-3H3,(H,38,42)(H,39,43)/p+1/t25-,32-,33+/m0/s1. The Kier molecular flexibility index (Phi) is 12.6. The maximum Gasteiger partial charge on any atom is 0.278 e. The minimum atomic E-state index is -3.76. The fourth-order valence-corrected chi connectivity index (χ4v) is 6.85. The van der Waals surface area contributed by atoms with E-state index in [-0.39, 0.29) is 24.1 Å². The number of nitrogens with two attached hydrogens (primary N) is 1. The number of hydrogen-bond donors (Lipinski definition) is 5. The number of aliphatic hydroxyl groups excluding tert-OH is 1. The summed E-state index contributed by atoms with van der Waals surface area (Å²) in [6, 6.07) is 22.3. The molecular weight excluding hydrogens is 602 g/mol. The molecule has 0 heterocycles. The Morgan fingerprint density at radius 2 is 1.61 bits per heavy atom. The van der Waals surface area contributed by atoms with Crippen molar-refractivity contribution in [2.24, 2.45) is 0 Å². The van der Waals surface area contributed by atoms with Gasteiger partial charge in [0.05, 0.1) is 23.7 Å². The van der Waals surface area contributed by atoms with Crippen LogP contribution >= 0.6 is 0 Å². The van der Waals surface area contributed by atoms with Crippen molar-refractivity contribution >= 4 is 38.9 Å². The lowest BCUT2D eigenvalue weighted by atomic mass is 9.95. The van der Waals surface area contributed by atoms with E-state index in [4.69, 9.17) is 0 Å². The molecule has 3 atom stereocenters. The van der Waals surface area contributed by atoms with E-state index in [1.807, 2.05) is 44.2 Å². The number of carbonyl (C=O) groups excluding carboxylic acids is 2. The zero-order chi connectivity index (χ0) is 33.1. The van der Waals surface area contributed by atoms with E-state index in [0.717, 1.165) is 37.5 Å². The molecule has 0 unspecified atom stereocenters. The Balaban J connectivity index is 1.55. The van der Waals surface area contributed by atoms with Gasteiger partial charge in [-0.2, -0.15) is 0 Å². The molecule has 10 nitrogen and oxygen atoms in total. The lowest BCUT2D eigenvalue weighted by molar-refractivity contribution is -0.679. The number of para-hydroxylation sites is 1. The van der Waals surface area contributed by atoms with Gasteiger partial charge in [0.15, 0.2) is 6.04 Å². The smallest absolute Gasteiger partial charge is 0.278 e. The Bertz CT molecular complexity index is 1530. The van der Waals surface area contributed by atoms with Crippen LogP contribution in [0.2, 0.25) is 0 Å². The zero-order valence-electron chi connectivity index (χ0n) is 27.0.